The topological polar surface area (TPSA) is 32.8 Å². The predicted molar refractivity (Wildman–Crippen MR) is 305 cm³/mol. The quantitative estimate of drug-likeness (QED) is 0.128. The fraction of sp³-hybridized carbons (Fsp3) is 0.0938. The number of benzene rings is 10. The Kier molecular flexibility index (Phi) is 10.5. The van der Waals surface area contributed by atoms with Gasteiger partial charge in [-0.2, -0.15) is 0 Å². The second-order valence-corrected chi connectivity index (χ2v) is 30.9. The third kappa shape index (κ3) is 7.99. The van der Waals surface area contributed by atoms with E-state index in [1.165, 1.54) is 32.6 Å². The highest BCUT2D eigenvalue weighted by atomic mass is 28.3. The van der Waals surface area contributed by atoms with Crippen LogP contribution in [-0.2, 0) is 0 Å². The lowest BCUT2D eigenvalue weighted by Gasteiger charge is -2.27. The number of anilines is 6. The fourth-order valence-electron chi connectivity index (χ4n) is 10.0. The molecule has 2 heterocycles. The first-order valence-corrected chi connectivity index (χ1v) is 31.3. The summed E-state index contributed by atoms with van der Waals surface area (Å²) < 4.78 is 13.3. The van der Waals surface area contributed by atoms with E-state index in [0.29, 0.717) is 0 Å². The number of furan rings is 2. The Morgan fingerprint density at radius 3 is 0.929 bits per heavy atom. The Labute approximate surface area is 411 Å². The number of rotatable bonds is 10. The lowest BCUT2D eigenvalue weighted by molar-refractivity contribution is 0.668. The molecule has 12 rings (SSSR count). The van der Waals surface area contributed by atoms with Crippen LogP contribution in [0.3, 0.4) is 0 Å². The molecule has 0 amide bonds. The van der Waals surface area contributed by atoms with Gasteiger partial charge < -0.3 is 18.6 Å². The number of hydrogen-bond donors (Lipinski definition) is 0. The van der Waals surface area contributed by atoms with Crippen LogP contribution < -0.4 is 20.2 Å². The molecule has 10 aromatic carbocycles. The van der Waals surface area contributed by atoms with Crippen LogP contribution >= 0.6 is 0 Å². The molecule has 0 spiro atoms. The zero-order valence-electron chi connectivity index (χ0n) is 40.5. The standard InChI is InChI=1S/C64H54N2O2Si2/c1-69(2,3)55-31-25-51(26-32-55)65(49-21-17-45(18-22-49)43-13-9-7-10-14-43)53-29-35-61-59(41-53)57-37-47-38-58-60-42-54(30-36-62(60)68-64(58)40-48(47)39-63(57)67-61)66(52-27-33-56(34-28-52)70(4,5)6)50-23-19-46(20-24-50)44-15-11-8-12-16-44/h7-42H,1-6H3. The van der Waals surface area contributed by atoms with Crippen molar-refractivity contribution in [2.75, 3.05) is 9.80 Å². The van der Waals surface area contributed by atoms with Gasteiger partial charge in [0.05, 0.1) is 16.1 Å². The molecule has 0 N–H and O–H groups in total. The van der Waals surface area contributed by atoms with Gasteiger partial charge in [-0.25, -0.2) is 0 Å². The first-order chi connectivity index (χ1) is 33.9. The number of nitrogens with zero attached hydrogens (tertiary/aromatic N) is 2. The highest BCUT2D eigenvalue weighted by Gasteiger charge is 2.22. The maximum atomic E-state index is 6.63. The Bertz CT molecular complexity index is 3610. The summed E-state index contributed by atoms with van der Waals surface area (Å²) in [5.74, 6) is 0. The van der Waals surface area contributed by atoms with Gasteiger partial charge in [-0.15, -0.1) is 0 Å². The molecule has 0 aliphatic carbocycles. The lowest BCUT2D eigenvalue weighted by atomic mass is 10.0. The van der Waals surface area contributed by atoms with E-state index < -0.39 is 16.1 Å². The van der Waals surface area contributed by atoms with Crippen LogP contribution in [0.15, 0.2) is 227 Å². The van der Waals surface area contributed by atoms with Gasteiger partial charge in [0.15, 0.2) is 0 Å². The van der Waals surface area contributed by atoms with E-state index in [4.69, 9.17) is 8.83 Å². The highest BCUT2D eigenvalue weighted by molar-refractivity contribution is 6.89. The zero-order chi connectivity index (χ0) is 47.7. The summed E-state index contributed by atoms with van der Waals surface area (Å²) in [5, 5.41) is 9.39. The van der Waals surface area contributed by atoms with Crippen molar-refractivity contribution in [2.45, 2.75) is 39.3 Å². The molecule has 2 aromatic heterocycles. The van der Waals surface area contributed by atoms with Crippen molar-refractivity contribution in [3.05, 3.63) is 218 Å². The second-order valence-electron chi connectivity index (χ2n) is 20.7. The highest BCUT2D eigenvalue weighted by Crippen LogP contribution is 2.43. The van der Waals surface area contributed by atoms with Crippen molar-refractivity contribution in [3.8, 4) is 22.3 Å². The molecule has 0 radical (unpaired) electrons. The van der Waals surface area contributed by atoms with Crippen LogP contribution in [0.25, 0.3) is 76.9 Å². The Morgan fingerprint density at radius 2 is 0.571 bits per heavy atom. The van der Waals surface area contributed by atoms with Crippen molar-refractivity contribution in [3.63, 3.8) is 0 Å². The molecular formula is C64H54N2O2Si2. The van der Waals surface area contributed by atoms with Crippen LogP contribution in [0.2, 0.25) is 39.3 Å². The molecular weight excluding hydrogens is 885 g/mol. The van der Waals surface area contributed by atoms with Crippen molar-refractivity contribution in [1.82, 2.24) is 0 Å². The van der Waals surface area contributed by atoms with E-state index in [1.54, 1.807) is 0 Å². The molecule has 0 saturated carbocycles. The van der Waals surface area contributed by atoms with Crippen molar-refractivity contribution in [2.24, 2.45) is 0 Å². The zero-order valence-corrected chi connectivity index (χ0v) is 42.5. The smallest absolute Gasteiger partial charge is 0.136 e. The third-order valence-corrected chi connectivity index (χ3v) is 18.1. The van der Waals surface area contributed by atoms with Crippen LogP contribution in [0.1, 0.15) is 0 Å². The van der Waals surface area contributed by atoms with E-state index in [1.807, 2.05) is 0 Å². The molecule has 0 unspecified atom stereocenters. The Morgan fingerprint density at radius 1 is 0.271 bits per heavy atom. The molecule has 0 atom stereocenters. The summed E-state index contributed by atoms with van der Waals surface area (Å²) in [4.78, 5) is 4.73. The van der Waals surface area contributed by atoms with Crippen molar-refractivity contribution < 1.29 is 8.83 Å². The molecule has 70 heavy (non-hydrogen) atoms. The van der Waals surface area contributed by atoms with E-state index in [9.17, 15) is 0 Å². The Balaban J connectivity index is 0.961. The molecule has 4 nitrogen and oxygen atoms in total. The molecule has 0 bridgehead atoms. The molecule has 0 fully saturated rings. The van der Waals surface area contributed by atoms with Gasteiger partial charge in [0.2, 0.25) is 0 Å². The molecule has 6 heteroatoms. The monoisotopic (exact) mass is 938 g/mol. The average molecular weight is 939 g/mol. The molecule has 340 valence electrons. The van der Waals surface area contributed by atoms with Gasteiger partial charge in [0.25, 0.3) is 0 Å². The summed E-state index contributed by atoms with van der Waals surface area (Å²) in [5.41, 5.74) is 14.8. The summed E-state index contributed by atoms with van der Waals surface area (Å²) in [7, 11) is -2.99. The van der Waals surface area contributed by atoms with Crippen LogP contribution in [-0.4, -0.2) is 16.1 Å². The van der Waals surface area contributed by atoms with Crippen LogP contribution in [0, 0.1) is 0 Å². The van der Waals surface area contributed by atoms with Gasteiger partial charge in [-0.05, 0) is 142 Å². The van der Waals surface area contributed by atoms with Gasteiger partial charge in [0.1, 0.15) is 22.3 Å². The minimum Gasteiger partial charge on any atom is -0.456 e. The largest absolute Gasteiger partial charge is 0.456 e. The third-order valence-electron chi connectivity index (χ3n) is 13.9. The summed E-state index contributed by atoms with van der Waals surface area (Å²) in [6.45, 7) is 14.4. The summed E-state index contributed by atoms with van der Waals surface area (Å²) >= 11 is 0. The first-order valence-electron chi connectivity index (χ1n) is 24.3. The van der Waals surface area contributed by atoms with Crippen LogP contribution in [0.5, 0.6) is 0 Å². The van der Waals surface area contributed by atoms with Crippen molar-refractivity contribution >= 4 is 115 Å². The second kappa shape index (κ2) is 16.9. The molecule has 0 aliphatic rings. The molecule has 12 aromatic rings. The average Bonchev–Trinajstić information content (AvgIpc) is 3.92. The molecule has 0 aliphatic heterocycles. The van der Waals surface area contributed by atoms with E-state index in [0.717, 1.165) is 88.8 Å². The first kappa shape index (κ1) is 43.4. The van der Waals surface area contributed by atoms with Gasteiger partial charge in [0, 0.05) is 55.7 Å². The fourth-order valence-corrected chi connectivity index (χ4v) is 12.4. The predicted octanol–water partition coefficient (Wildman–Crippen LogP) is 18.0. The SMILES string of the molecule is C[Si](C)(C)c1ccc(N(c2ccc(-c3ccccc3)cc2)c2ccc3oc4cc5cc6oc7ccc(N(c8ccc(-c9ccccc9)cc8)c8ccc([Si](C)(C)C)cc8)cc7c6cc5cc4c3c2)cc1. The maximum absolute atomic E-state index is 6.63. The Hall–Kier alpha value is -7.91. The number of hydrogen-bond acceptors (Lipinski definition) is 4. The maximum Gasteiger partial charge on any atom is 0.136 e. The minimum atomic E-state index is -1.50. The molecule has 0 saturated heterocycles. The summed E-state index contributed by atoms with van der Waals surface area (Å²) in [6.07, 6.45) is 0. The van der Waals surface area contributed by atoms with Gasteiger partial charge in [-0.1, -0.05) is 159 Å². The van der Waals surface area contributed by atoms with Gasteiger partial charge in [-0.3, -0.25) is 0 Å². The van der Waals surface area contributed by atoms with Crippen LogP contribution in [0.4, 0.5) is 34.1 Å². The lowest BCUT2D eigenvalue weighted by Crippen LogP contribution is -2.37. The summed E-state index contributed by atoms with van der Waals surface area (Å²) in [6, 6.07) is 79.5. The minimum absolute atomic E-state index is 0.852. The van der Waals surface area contributed by atoms with E-state index in [2.05, 4.69) is 267 Å². The van der Waals surface area contributed by atoms with Gasteiger partial charge >= 0.3 is 0 Å². The van der Waals surface area contributed by atoms with E-state index in [-0.39, 0.29) is 0 Å². The van der Waals surface area contributed by atoms with Crippen molar-refractivity contribution in [1.29, 1.82) is 0 Å². The normalized spacial score (nSPS) is 12.1. The number of fused-ring (bicyclic) bond motifs is 7. The van der Waals surface area contributed by atoms with E-state index >= 15 is 0 Å².